The number of thiophene rings is 1. The number of hydrogen-bond donors (Lipinski definition) is 2. The number of nitrogens with one attached hydrogen (secondary N) is 1. The van der Waals surface area contributed by atoms with E-state index in [9.17, 15) is 4.79 Å². The van der Waals surface area contributed by atoms with Crippen LogP contribution < -0.4 is 5.32 Å². The molecule has 1 amide bonds. The largest absolute Gasteiger partial charge is 0.396 e. The summed E-state index contributed by atoms with van der Waals surface area (Å²) in [5, 5.41) is 11.5. The smallest absolute Gasteiger partial charge is 0.253 e. The van der Waals surface area contributed by atoms with Gasteiger partial charge in [0.25, 0.3) is 5.91 Å². The van der Waals surface area contributed by atoms with Crippen molar-refractivity contribution in [2.24, 2.45) is 5.92 Å². The first kappa shape index (κ1) is 13.8. The summed E-state index contributed by atoms with van der Waals surface area (Å²) >= 11 is 12.8. The molecule has 0 aliphatic heterocycles. The van der Waals surface area contributed by atoms with Gasteiger partial charge in [-0.3, -0.25) is 4.79 Å². The molecule has 0 bridgehead atoms. The Hall–Kier alpha value is -0.290. The average Bonchev–Trinajstić information content (AvgIpc) is 2.55. The minimum Gasteiger partial charge on any atom is -0.396 e. The van der Waals surface area contributed by atoms with E-state index in [1.165, 1.54) is 11.3 Å². The zero-order valence-corrected chi connectivity index (χ0v) is 11.1. The second-order valence-electron chi connectivity index (χ2n) is 3.57. The molecule has 0 saturated heterocycles. The fraction of sp³-hybridized carbons (Fsp3) is 0.500. The van der Waals surface area contributed by atoms with Gasteiger partial charge in [0.15, 0.2) is 0 Å². The van der Waals surface area contributed by atoms with Crippen LogP contribution in [0.1, 0.15) is 23.7 Å². The Balaban J connectivity index is 2.50. The summed E-state index contributed by atoms with van der Waals surface area (Å²) in [7, 11) is 0. The number of aliphatic hydroxyl groups excluding tert-OH is 1. The van der Waals surface area contributed by atoms with Crippen LogP contribution >= 0.6 is 34.5 Å². The molecule has 0 radical (unpaired) electrons. The molecule has 0 spiro atoms. The molecule has 0 aliphatic carbocycles. The van der Waals surface area contributed by atoms with Gasteiger partial charge in [-0.25, -0.2) is 0 Å². The fourth-order valence-electron chi connectivity index (χ4n) is 1.18. The molecule has 16 heavy (non-hydrogen) atoms. The lowest BCUT2D eigenvalue weighted by Gasteiger charge is -2.10. The summed E-state index contributed by atoms with van der Waals surface area (Å²) in [5.41, 5.74) is 0.410. The number of hydrogen-bond acceptors (Lipinski definition) is 3. The van der Waals surface area contributed by atoms with E-state index in [-0.39, 0.29) is 18.4 Å². The SMILES string of the molecule is CC(CCO)CNC(=O)c1cc(Cl)sc1Cl. The van der Waals surface area contributed by atoms with Gasteiger partial charge in [0.1, 0.15) is 4.34 Å². The topological polar surface area (TPSA) is 49.3 Å². The van der Waals surface area contributed by atoms with E-state index < -0.39 is 0 Å². The maximum absolute atomic E-state index is 11.7. The van der Waals surface area contributed by atoms with Gasteiger partial charge in [0.05, 0.1) is 9.90 Å². The van der Waals surface area contributed by atoms with Gasteiger partial charge in [0.2, 0.25) is 0 Å². The van der Waals surface area contributed by atoms with E-state index in [1.807, 2.05) is 6.92 Å². The van der Waals surface area contributed by atoms with Crippen molar-refractivity contribution in [2.45, 2.75) is 13.3 Å². The van der Waals surface area contributed by atoms with Crippen LogP contribution in [0.5, 0.6) is 0 Å². The van der Waals surface area contributed by atoms with Crippen molar-refractivity contribution in [3.63, 3.8) is 0 Å². The molecule has 1 heterocycles. The van der Waals surface area contributed by atoms with Gasteiger partial charge in [-0.2, -0.15) is 0 Å². The maximum atomic E-state index is 11.7. The molecule has 0 fully saturated rings. The zero-order valence-electron chi connectivity index (χ0n) is 8.80. The van der Waals surface area contributed by atoms with E-state index in [1.54, 1.807) is 6.07 Å². The summed E-state index contributed by atoms with van der Waals surface area (Å²) in [6.45, 7) is 2.60. The Morgan fingerprint density at radius 1 is 1.62 bits per heavy atom. The van der Waals surface area contributed by atoms with Crippen LogP contribution in [0.4, 0.5) is 0 Å². The Labute approximate surface area is 108 Å². The van der Waals surface area contributed by atoms with Crippen LogP contribution in [0.25, 0.3) is 0 Å². The van der Waals surface area contributed by atoms with Gasteiger partial charge in [0, 0.05) is 13.2 Å². The molecule has 1 aromatic heterocycles. The number of halogens is 2. The first-order chi connectivity index (χ1) is 7.54. The molecule has 1 aromatic rings. The molecule has 6 heteroatoms. The quantitative estimate of drug-likeness (QED) is 0.872. The fourth-order valence-corrected chi connectivity index (χ4v) is 2.64. The standard InChI is InChI=1S/C10H13Cl2NO2S/c1-6(2-3-14)5-13-10(15)7-4-8(11)16-9(7)12/h4,6,14H,2-3,5H2,1H3,(H,13,15). The van der Waals surface area contributed by atoms with E-state index in [4.69, 9.17) is 28.3 Å². The van der Waals surface area contributed by atoms with Gasteiger partial charge in [-0.05, 0) is 18.4 Å². The van der Waals surface area contributed by atoms with Gasteiger partial charge >= 0.3 is 0 Å². The van der Waals surface area contributed by atoms with Crippen molar-refractivity contribution in [3.8, 4) is 0 Å². The van der Waals surface area contributed by atoms with Crippen LogP contribution in [0, 0.1) is 5.92 Å². The molecular weight excluding hydrogens is 269 g/mol. The van der Waals surface area contributed by atoms with Crippen LogP contribution in [0.3, 0.4) is 0 Å². The van der Waals surface area contributed by atoms with E-state index in [0.717, 1.165) is 0 Å². The van der Waals surface area contributed by atoms with Crippen LogP contribution in [-0.2, 0) is 0 Å². The molecule has 90 valence electrons. The Morgan fingerprint density at radius 2 is 2.31 bits per heavy atom. The van der Waals surface area contributed by atoms with Crippen molar-refractivity contribution in [1.82, 2.24) is 5.32 Å². The number of carbonyl (C=O) groups excluding carboxylic acids is 1. The normalized spacial score (nSPS) is 12.5. The average molecular weight is 282 g/mol. The van der Waals surface area contributed by atoms with Crippen molar-refractivity contribution in [2.75, 3.05) is 13.2 Å². The monoisotopic (exact) mass is 281 g/mol. The van der Waals surface area contributed by atoms with Crippen molar-refractivity contribution in [1.29, 1.82) is 0 Å². The lowest BCUT2D eigenvalue weighted by molar-refractivity contribution is 0.0946. The third-order valence-corrected chi connectivity index (χ3v) is 3.62. The lowest BCUT2D eigenvalue weighted by atomic mass is 10.1. The van der Waals surface area contributed by atoms with Crippen LogP contribution in [-0.4, -0.2) is 24.2 Å². The van der Waals surface area contributed by atoms with E-state index >= 15 is 0 Å². The number of amides is 1. The molecule has 0 aliphatic rings. The summed E-state index contributed by atoms with van der Waals surface area (Å²) in [5.74, 6) is 0.0137. The molecule has 2 N–H and O–H groups in total. The minimum absolute atomic E-state index is 0.127. The first-order valence-corrected chi connectivity index (χ1v) is 6.45. The predicted octanol–water partition coefficient (Wildman–Crippen LogP) is 2.80. The molecule has 1 rings (SSSR count). The van der Waals surface area contributed by atoms with Crippen molar-refractivity contribution in [3.05, 3.63) is 20.3 Å². The van der Waals surface area contributed by atoms with Crippen molar-refractivity contribution < 1.29 is 9.90 Å². The predicted molar refractivity (Wildman–Crippen MR) is 67.5 cm³/mol. The highest BCUT2D eigenvalue weighted by Crippen LogP contribution is 2.30. The number of aliphatic hydroxyl groups is 1. The highest BCUT2D eigenvalue weighted by atomic mass is 35.5. The first-order valence-electron chi connectivity index (χ1n) is 4.88. The second kappa shape index (κ2) is 6.45. The molecule has 0 saturated carbocycles. The Morgan fingerprint density at radius 3 is 2.81 bits per heavy atom. The maximum Gasteiger partial charge on any atom is 0.253 e. The molecule has 3 nitrogen and oxygen atoms in total. The van der Waals surface area contributed by atoms with Crippen LogP contribution in [0.2, 0.25) is 8.67 Å². The van der Waals surface area contributed by atoms with Crippen molar-refractivity contribution >= 4 is 40.4 Å². The Bertz CT molecular complexity index is 368. The highest BCUT2D eigenvalue weighted by molar-refractivity contribution is 7.20. The zero-order chi connectivity index (χ0) is 12.1. The highest BCUT2D eigenvalue weighted by Gasteiger charge is 2.14. The van der Waals surface area contributed by atoms with E-state index in [0.29, 0.717) is 27.2 Å². The summed E-state index contributed by atoms with van der Waals surface area (Å²) in [4.78, 5) is 11.7. The molecular formula is C10H13Cl2NO2S. The van der Waals surface area contributed by atoms with E-state index in [2.05, 4.69) is 5.32 Å². The number of rotatable bonds is 5. The van der Waals surface area contributed by atoms with Crippen LogP contribution in [0.15, 0.2) is 6.07 Å². The van der Waals surface area contributed by atoms with Gasteiger partial charge < -0.3 is 10.4 Å². The summed E-state index contributed by atoms with van der Waals surface area (Å²) in [6, 6.07) is 1.56. The summed E-state index contributed by atoms with van der Waals surface area (Å²) < 4.78 is 0.899. The second-order valence-corrected chi connectivity index (χ2v) is 5.85. The minimum atomic E-state index is -0.224. The molecule has 1 unspecified atom stereocenters. The van der Waals surface area contributed by atoms with Gasteiger partial charge in [-0.15, -0.1) is 11.3 Å². The lowest BCUT2D eigenvalue weighted by Crippen LogP contribution is -2.28. The third-order valence-electron chi connectivity index (χ3n) is 2.13. The third kappa shape index (κ3) is 3.94. The number of carbonyl (C=O) groups is 1. The molecule has 0 aromatic carbocycles. The summed E-state index contributed by atoms with van der Waals surface area (Å²) in [6.07, 6.45) is 0.665. The molecule has 1 atom stereocenters. The Kier molecular flexibility index (Phi) is 5.55. The van der Waals surface area contributed by atoms with Gasteiger partial charge in [-0.1, -0.05) is 30.1 Å².